The highest BCUT2D eigenvalue weighted by molar-refractivity contribution is 7.09. The topological polar surface area (TPSA) is 50.4 Å². The van der Waals surface area contributed by atoms with Crippen molar-refractivity contribution >= 4 is 17.2 Å². The number of rotatable bonds is 5. The van der Waals surface area contributed by atoms with Gasteiger partial charge in [0.25, 0.3) is 0 Å². The van der Waals surface area contributed by atoms with E-state index in [0.717, 1.165) is 6.42 Å². The number of likely N-dealkylation sites (N-methyl/N-ethyl adjacent to an activating group) is 1. The third-order valence-electron chi connectivity index (χ3n) is 3.26. The number of amides is 1. The van der Waals surface area contributed by atoms with E-state index in [0.29, 0.717) is 13.2 Å². The second-order valence-electron chi connectivity index (χ2n) is 4.73. The summed E-state index contributed by atoms with van der Waals surface area (Å²) in [7, 11) is 1.87. The normalized spacial score (nSPS) is 25.0. The first-order valence-electron chi connectivity index (χ1n) is 6.28. The highest BCUT2D eigenvalue weighted by Crippen LogP contribution is 2.15. The van der Waals surface area contributed by atoms with Crippen LogP contribution in [0, 0.1) is 5.92 Å². The quantitative estimate of drug-likeness (QED) is 0.838. The lowest BCUT2D eigenvalue weighted by atomic mass is 10.0. The van der Waals surface area contributed by atoms with Gasteiger partial charge in [-0.2, -0.15) is 0 Å². The van der Waals surface area contributed by atoms with E-state index in [1.54, 1.807) is 11.3 Å². The predicted octanol–water partition coefficient (Wildman–Crippen LogP) is 1.03. The van der Waals surface area contributed by atoms with Crippen LogP contribution >= 0.6 is 11.3 Å². The summed E-state index contributed by atoms with van der Waals surface area (Å²) in [5.41, 5.74) is 0. The second kappa shape index (κ2) is 6.31. The Kier molecular flexibility index (Phi) is 4.74. The molecule has 2 rings (SSSR count). The Labute approximate surface area is 112 Å². The molecule has 5 heteroatoms. The average molecular weight is 268 g/mol. The van der Waals surface area contributed by atoms with E-state index in [1.807, 2.05) is 20.0 Å². The van der Waals surface area contributed by atoms with E-state index < -0.39 is 0 Å². The smallest absolute Gasteiger partial charge is 0.227 e. The molecule has 3 atom stereocenters. The zero-order valence-corrected chi connectivity index (χ0v) is 11.6. The number of hydrogen-bond acceptors (Lipinski definition) is 4. The number of carbonyl (C=O) groups excluding carboxylic acids is 1. The Morgan fingerprint density at radius 3 is 3.11 bits per heavy atom. The summed E-state index contributed by atoms with van der Waals surface area (Å²) in [6, 6.07) is 4.44. The number of ether oxygens (including phenoxy) is 1. The summed E-state index contributed by atoms with van der Waals surface area (Å²) >= 11 is 1.73. The molecule has 100 valence electrons. The minimum atomic E-state index is -0.0687. The second-order valence-corrected chi connectivity index (χ2v) is 5.76. The molecule has 1 saturated heterocycles. The summed E-state index contributed by atoms with van der Waals surface area (Å²) in [4.78, 5) is 13.4. The summed E-state index contributed by atoms with van der Waals surface area (Å²) in [6.07, 6.45) is 0.890. The van der Waals surface area contributed by atoms with Crippen molar-refractivity contribution in [1.29, 1.82) is 0 Å². The number of carbonyl (C=O) groups is 1. The highest BCUT2D eigenvalue weighted by atomic mass is 32.1. The third kappa shape index (κ3) is 3.31. The molecular weight excluding hydrogens is 248 g/mol. The van der Waals surface area contributed by atoms with E-state index in [2.05, 4.69) is 22.1 Å². The minimum Gasteiger partial charge on any atom is -0.379 e. The van der Waals surface area contributed by atoms with E-state index >= 15 is 0 Å². The lowest BCUT2D eigenvalue weighted by Gasteiger charge is -2.19. The summed E-state index contributed by atoms with van der Waals surface area (Å²) in [5, 5.41) is 8.26. The van der Waals surface area contributed by atoms with Crippen LogP contribution in [0.15, 0.2) is 17.5 Å². The molecule has 1 fully saturated rings. The fourth-order valence-corrected chi connectivity index (χ4v) is 3.06. The molecule has 18 heavy (non-hydrogen) atoms. The van der Waals surface area contributed by atoms with Gasteiger partial charge in [0.2, 0.25) is 5.91 Å². The van der Waals surface area contributed by atoms with Gasteiger partial charge in [0.1, 0.15) is 0 Å². The van der Waals surface area contributed by atoms with Gasteiger partial charge in [-0.1, -0.05) is 6.07 Å². The van der Waals surface area contributed by atoms with Crippen molar-refractivity contribution in [3.05, 3.63) is 22.4 Å². The zero-order valence-electron chi connectivity index (χ0n) is 10.8. The minimum absolute atomic E-state index is 0.0687. The van der Waals surface area contributed by atoms with E-state index in [9.17, 15) is 4.79 Å². The molecule has 1 aromatic heterocycles. The van der Waals surface area contributed by atoms with Gasteiger partial charge in [-0.25, -0.2) is 0 Å². The summed E-state index contributed by atoms with van der Waals surface area (Å²) in [6.45, 7) is 3.18. The Balaban J connectivity index is 1.83. The monoisotopic (exact) mass is 268 g/mol. The molecule has 4 nitrogen and oxygen atoms in total. The molecule has 0 bridgehead atoms. The van der Waals surface area contributed by atoms with Gasteiger partial charge < -0.3 is 15.4 Å². The molecule has 0 radical (unpaired) electrons. The molecule has 1 aliphatic heterocycles. The molecule has 2 N–H and O–H groups in total. The maximum atomic E-state index is 12.1. The van der Waals surface area contributed by atoms with Crippen molar-refractivity contribution in [2.24, 2.45) is 5.92 Å². The average Bonchev–Trinajstić information content (AvgIpc) is 2.97. The van der Waals surface area contributed by atoms with Crippen molar-refractivity contribution in [3.63, 3.8) is 0 Å². The van der Waals surface area contributed by atoms with Crippen molar-refractivity contribution in [3.8, 4) is 0 Å². The van der Waals surface area contributed by atoms with Crippen LogP contribution in [0.1, 0.15) is 11.8 Å². The van der Waals surface area contributed by atoms with Gasteiger partial charge in [-0.3, -0.25) is 4.79 Å². The Morgan fingerprint density at radius 2 is 2.44 bits per heavy atom. The first kappa shape index (κ1) is 13.5. The van der Waals surface area contributed by atoms with Crippen molar-refractivity contribution < 1.29 is 9.53 Å². The van der Waals surface area contributed by atoms with Crippen LogP contribution in [0.2, 0.25) is 0 Å². The number of hydrogen-bond donors (Lipinski definition) is 2. The molecule has 0 spiro atoms. The van der Waals surface area contributed by atoms with Gasteiger partial charge in [-0.05, 0) is 25.4 Å². The maximum Gasteiger partial charge on any atom is 0.227 e. The predicted molar refractivity (Wildman–Crippen MR) is 72.8 cm³/mol. The Morgan fingerprint density at radius 1 is 1.61 bits per heavy atom. The van der Waals surface area contributed by atoms with E-state index in [-0.39, 0.29) is 23.9 Å². The Hall–Kier alpha value is -0.910. The first-order chi connectivity index (χ1) is 8.70. The molecular formula is C13H20N2O2S. The van der Waals surface area contributed by atoms with Crippen LogP contribution in [0.3, 0.4) is 0 Å². The van der Waals surface area contributed by atoms with Crippen LogP contribution in [-0.4, -0.2) is 38.3 Å². The van der Waals surface area contributed by atoms with Crippen LogP contribution in [0.25, 0.3) is 0 Å². The summed E-state index contributed by atoms with van der Waals surface area (Å²) < 4.78 is 5.35. The van der Waals surface area contributed by atoms with Crippen molar-refractivity contribution in [2.75, 3.05) is 20.3 Å². The third-order valence-corrected chi connectivity index (χ3v) is 4.16. The van der Waals surface area contributed by atoms with Gasteiger partial charge in [0, 0.05) is 23.4 Å². The lowest BCUT2D eigenvalue weighted by molar-refractivity contribution is -0.126. The molecule has 3 unspecified atom stereocenters. The van der Waals surface area contributed by atoms with Gasteiger partial charge in [-0.15, -0.1) is 11.3 Å². The highest BCUT2D eigenvalue weighted by Gasteiger charge is 2.33. The lowest BCUT2D eigenvalue weighted by Crippen LogP contribution is -2.45. The van der Waals surface area contributed by atoms with Crippen LogP contribution in [-0.2, 0) is 16.0 Å². The molecule has 0 saturated carbocycles. The zero-order chi connectivity index (χ0) is 13.0. The molecule has 1 aromatic rings. The standard InChI is InChI=1S/C13H20N2O2S/c1-9(6-10-4-3-5-18-10)15-13(16)11-7-17-8-12(11)14-2/h3-5,9,11-12,14H,6-8H2,1-2H3,(H,15,16). The first-order valence-corrected chi connectivity index (χ1v) is 7.16. The molecule has 1 aliphatic rings. The van der Waals surface area contributed by atoms with Crippen molar-refractivity contribution in [2.45, 2.75) is 25.4 Å². The number of nitrogens with one attached hydrogen (secondary N) is 2. The fourth-order valence-electron chi connectivity index (χ4n) is 2.23. The SMILES string of the molecule is CNC1COCC1C(=O)NC(C)Cc1cccs1. The van der Waals surface area contributed by atoms with Gasteiger partial charge in [0.05, 0.1) is 19.1 Å². The molecule has 2 heterocycles. The largest absolute Gasteiger partial charge is 0.379 e. The van der Waals surface area contributed by atoms with E-state index in [1.165, 1.54) is 4.88 Å². The Bertz CT molecular complexity index is 380. The van der Waals surface area contributed by atoms with Gasteiger partial charge >= 0.3 is 0 Å². The van der Waals surface area contributed by atoms with Crippen LogP contribution in [0.4, 0.5) is 0 Å². The van der Waals surface area contributed by atoms with Crippen LogP contribution < -0.4 is 10.6 Å². The molecule has 0 aromatic carbocycles. The summed E-state index contributed by atoms with van der Waals surface area (Å²) in [5.74, 6) is 0.0247. The molecule has 0 aliphatic carbocycles. The number of thiophene rings is 1. The fraction of sp³-hybridized carbons (Fsp3) is 0.615. The maximum absolute atomic E-state index is 12.1. The molecule has 1 amide bonds. The van der Waals surface area contributed by atoms with Gasteiger partial charge in [0.15, 0.2) is 0 Å². The van der Waals surface area contributed by atoms with E-state index in [4.69, 9.17) is 4.74 Å². The van der Waals surface area contributed by atoms with Crippen LogP contribution in [0.5, 0.6) is 0 Å². The van der Waals surface area contributed by atoms with Crippen molar-refractivity contribution in [1.82, 2.24) is 10.6 Å².